The van der Waals surface area contributed by atoms with Crippen molar-refractivity contribution in [3.8, 4) is 5.75 Å². The highest BCUT2D eigenvalue weighted by Crippen LogP contribution is 2.17. The lowest BCUT2D eigenvalue weighted by Crippen LogP contribution is -2.35. The Morgan fingerprint density at radius 1 is 1.18 bits per heavy atom. The molecule has 0 saturated heterocycles. The molecule has 0 bridgehead atoms. The SMILES string of the molecule is CCCN(C/C=C/c1ccccc1)C(=O)c1c[nH]c2ccc(OC)cc2c1=O. The fourth-order valence-electron chi connectivity index (χ4n) is 3.08. The number of pyridine rings is 1. The molecule has 3 rings (SSSR count). The summed E-state index contributed by atoms with van der Waals surface area (Å²) in [6, 6.07) is 15.1. The number of benzene rings is 2. The van der Waals surface area contributed by atoms with E-state index < -0.39 is 0 Å². The van der Waals surface area contributed by atoms with Gasteiger partial charge in [-0.3, -0.25) is 9.59 Å². The van der Waals surface area contributed by atoms with Gasteiger partial charge >= 0.3 is 0 Å². The van der Waals surface area contributed by atoms with Crippen molar-refractivity contribution in [2.24, 2.45) is 0 Å². The van der Waals surface area contributed by atoms with Crippen LogP contribution in [0.3, 0.4) is 0 Å². The number of H-pyrrole nitrogens is 1. The van der Waals surface area contributed by atoms with Gasteiger partial charge < -0.3 is 14.6 Å². The molecule has 3 aromatic rings. The maximum Gasteiger partial charge on any atom is 0.259 e. The molecule has 1 N–H and O–H groups in total. The van der Waals surface area contributed by atoms with E-state index in [2.05, 4.69) is 4.98 Å². The van der Waals surface area contributed by atoms with Gasteiger partial charge in [-0.05, 0) is 30.2 Å². The number of nitrogens with one attached hydrogen (secondary N) is 1. The number of fused-ring (bicyclic) bond motifs is 1. The zero-order chi connectivity index (χ0) is 19.9. The van der Waals surface area contributed by atoms with Gasteiger partial charge in [0.2, 0.25) is 5.43 Å². The number of hydrogen-bond donors (Lipinski definition) is 1. The second-order valence-electron chi connectivity index (χ2n) is 6.51. The van der Waals surface area contributed by atoms with Gasteiger partial charge in [0.05, 0.1) is 7.11 Å². The van der Waals surface area contributed by atoms with Crippen LogP contribution in [0.4, 0.5) is 0 Å². The highest BCUT2D eigenvalue weighted by molar-refractivity contribution is 5.97. The molecular weight excluding hydrogens is 352 g/mol. The monoisotopic (exact) mass is 376 g/mol. The summed E-state index contributed by atoms with van der Waals surface area (Å²) in [4.78, 5) is 30.7. The van der Waals surface area contributed by atoms with Gasteiger partial charge in [-0.25, -0.2) is 0 Å². The lowest BCUT2D eigenvalue weighted by molar-refractivity contribution is 0.0772. The Balaban J connectivity index is 1.87. The molecule has 0 saturated carbocycles. The van der Waals surface area contributed by atoms with Gasteiger partial charge in [0.25, 0.3) is 5.91 Å². The van der Waals surface area contributed by atoms with Gasteiger partial charge in [0.1, 0.15) is 11.3 Å². The molecule has 1 aromatic heterocycles. The predicted molar refractivity (Wildman–Crippen MR) is 113 cm³/mol. The number of hydrogen-bond acceptors (Lipinski definition) is 3. The summed E-state index contributed by atoms with van der Waals surface area (Å²) in [6.45, 7) is 3.03. The van der Waals surface area contributed by atoms with Crippen LogP contribution in [-0.2, 0) is 0 Å². The molecule has 0 fully saturated rings. The predicted octanol–water partition coefficient (Wildman–Crippen LogP) is 4.10. The third-order valence-electron chi connectivity index (χ3n) is 4.53. The molecule has 2 aromatic carbocycles. The fourth-order valence-corrected chi connectivity index (χ4v) is 3.08. The number of carbonyl (C=O) groups is 1. The second kappa shape index (κ2) is 9.04. The van der Waals surface area contributed by atoms with Crippen LogP contribution in [0, 0.1) is 0 Å². The summed E-state index contributed by atoms with van der Waals surface area (Å²) in [5.41, 5.74) is 1.60. The third-order valence-corrected chi connectivity index (χ3v) is 4.53. The van der Waals surface area contributed by atoms with Crippen LogP contribution in [-0.4, -0.2) is 36.0 Å². The minimum atomic E-state index is -0.286. The van der Waals surface area contributed by atoms with Crippen LogP contribution in [0.2, 0.25) is 0 Å². The Hall–Kier alpha value is -3.34. The van der Waals surface area contributed by atoms with Gasteiger partial charge in [-0.1, -0.05) is 49.4 Å². The lowest BCUT2D eigenvalue weighted by Gasteiger charge is -2.20. The zero-order valence-electron chi connectivity index (χ0n) is 16.1. The number of ether oxygens (including phenoxy) is 1. The van der Waals surface area contributed by atoms with E-state index >= 15 is 0 Å². The number of rotatable bonds is 7. The number of aromatic nitrogens is 1. The lowest BCUT2D eigenvalue weighted by atomic mass is 10.1. The first kappa shape index (κ1) is 19.4. The van der Waals surface area contributed by atoms with E-state index in [-0.39, 0.29) is 16.9 Å². The summed E-state index contributed by atoms with van der Waals surface area (Å²) < 4.78 is 5.20. The Morgan fingerprint density at radius 2 is 1.96 bits per heavy atom. The first-order valence-electron chi connectivity index (χ1n) is 9.34. The smallest absolute Gasteiger partial charge is 0.259 e. The minimum absolute atomic E-state index is 0.141. The summed E-state index contributed by atoms with van der Waals surface area (Å²) in [5.74, 6) is 0.310. The van der Waals surface area contributed by atoms with E-state index in [1.54, 1.807) is 30.2 Å². The van der Waals surface area contributed by atoms with Gasteiger partial charge in [-0.2, -0.15) is 0 Å². The van der Waals surface area contributed by atoms with Crippen molar-refractivity contribution in [2.45, 2.75) is 13.3 Å². The standard InChI is InChI=1S/C23H24N2O3/c1-3-13-25(14-7-10-17-8-5-4-6-9-17)23(27)20-16-24-21-12-11-18(28-2)15-19(21)22(20)26/h4-12,15-16H,3,13-14H2,1-2H3,(H,24,26)/b10-7+. The summed E-state index contributed by atoms with van der Waals surface area (Å²) in [7, 11) is 1.55. The van der Waals surface area contributed by atoms with Crippen molar-refractivity contribution in [1.29, 1.82) is 0 Å². The van der Waals surface area contributed by atoms with Crippen molar-refractivity contribution in [2.75, 3.05) is 20.2 Å². The molecule has 0 radical (unpaired) electrons. The number of aromatic amines is 1. The molecule has 0 aliphatic heterocycles. The van der Waals surface area contributed by atoms with Crippen molar-refractivity contribution in [3.63, 3.8) is 0 Å². The Labute approximate surface area is 164 Å². The summed E-state index contributed by atoms with van der Waals surface area (Å²) in [5, 5.41) is 0.446. The molecule has 5 nitrogen and oxygen atoms in total. The average Bonchev–Trinajstić information content (AvgIpc) is 2.73. The largest absolute Gasteiger partial charge is 0.497 e. The van der Waals surface area contributed by atoms with Gasteiger partial charge in [0, 0.05) is 30.2 Å². The van der Waals surface area contributed by atoms with Crippen LogP contribution < -0.4 is 10.2 Å². The van der Waals surface area contributed by atoms with E-state index in [9.17, 15) is 9.59 Å². The number of amides is 1. The van der Waals surface area contributed by atoms with Crippen LogP contribution >= 0.6 is 0 Å². The Bertz CT molecular complexity index is 1040. The van der Waals surface area contributed by atoms with Crippen molar-refractivity contribution in [3.05, 3.63) is 82.2 Å². The summed E-state index contributed by atoms with van der Waals surface area (Å²) in [6.07, 6.45) is 6.24. The van der Waals surface area contributed by atoms with Crippen molar-refractivity contribution >= 4 is 22.9 Å². The molecule has 0 aliphatic rings. The quantitative estimate of drug-likeness (QED) is 0.675. The molecular formula is C23H24N2O3. The maximum atomic E-state index is 13.0. The van der Waals surface area contributed by atoms with Crippen molar-refractivity contribution < 1.29 is 9.53 Å². The number of carbonyl (C=O) groups excluding carboxylic acids is 1. The van der Waals surface area contributed by atoms with Crippen LogP contribution in [0.25, 0.3) is 17.0 Å². The molecule has 0 atom stereocenters. The van der Waals surface area contributed by atoms with E-state index in [1.165, 1.54) is 6.20 Å². The molecule has 1 amide bonds. The van der Waals surface area contributed by atoms with E-state index in [0.29, 0.717) is 29.7 Å². The molecule has 1 heterocycles. The first-order chi connectivity index (χ1) is 13.6. The highest BCUT2D eigenvalue weighted by Gasteiger charge is 2.19. The van der Waals surface area contributed by atoms with Crippen LogP contribution in [0.5, 0.6) is 5.75 Å². The van der Waals surface area contributed by atoms with E-state index in [1.807, 2.05) is 49.4 Å². The summed E-state index contributed by atoms with van der Waals surface area (Å²) >= 11 is 0. The molecule has 0 unspecified atom stereocenters. The van der Waals surface area contributed by atoms with Crippen LogP contribution in [0.1, 0.15) is 29.3 Å². The first-order valence-corrected chi connectivity index (χ1v) is 9.34. The fraction of sp³-hybridized carbons (Fsp3) is 0.217. The molecule has 144 valence electrons. The number of methoxy groups -OCH3 is 1. The van der Waals surface area contributed by atoms with E-state index in [4.69, 9.17) is 4.74 Å². The number of nitrogens with zero attached hydrogens (tertiary/aromatic N) is 1. The average molecular weight is 376 g/mol. The van der Waals surface area contributed by atoms with Crippen molar-refractivity contribution in [1.82, 2.24) is 9.88 Å². The highest BCUT2D eigenvalue weighted by atomic mass is 16.5. The normalized spacial score (nSPS) is 11.1. The van der Waals surface area contributed by atoms with Crippen LogP contribution in [0.15, 0.2) is 65.6 Å². The van der Waals surface area contributed by atoms with Gasteiger partial charge in [-0.15, -0.1) is 0 Å². The molecule has 0 aliphatic carbocycles. The maximum absolute atomic E-state index is 13.0. The molecule has 28 heavy (non-hydrogen) atoms. The van der Waals surface area contributed by atoms with E-state index in [0.717, 1.165) is 12.0 Å². The minimum Gasteiger partial charge on any atom is -0.497 e. The molecule has 0 spiro atoms. The van der Waals surface area contributed by atoms with Gasteiger partial charge in [0.15, 0.2) is 0 Å². The topological polar surface area (TPSA) is 62.4 Å². The zero-order valence-corrected chi connectivity index (χ0v) is 16.1. The second-order valence-corrected chi connectivity index (χ2v) is 6.51. The third kappa shape index (κ3) is 4.31. The molecule has 5 heteroatoms. The Morgan fingerprint density at radius 3 is 2.68 bits per heavy atom. The Kier molecular flexibility index (Phi) is 6.27.